The van der Waals surface area contributed by atoms with Gasteiger partial charge < -0.3 is 4.74 Å². The number of hydrogen-bond acceptors (Lipinski definition) is 4. The molecular weight excluding hydrogens is 255 g/mol. The molecule has 1 aromatic carbocycles. The summed E-state index contributed by atoms with van der Waals surface area (Å²) in [5, 5.41) is 10.6. The maximum atomic E-state index is 13.4. The summed E-state index contributed by atoms with van der Waals surface area (Å²) in [5.74, 6) is -6.23. The van der Waals surface area contributed by atoms with Gasteiger partial charge in [0.2, 0.25) is 5.82 Å². The number of nitro benzene ring substituents is 1. The lowest BCUT2D eigenvalue weighted by Crippen LogP contribution is -2.14. The Morgan fingerprint density at radius 2 is 2.00 bits per heavy atom. The summed E-state index contributed by atoms with van der Waals surface area (Å²) in [6, 6.07) is 1.03. The Bertz CT molecular complexity index is 511. The van der Waals surface area contributed by atoms with E-state index in [2.05, 4.69) is 4.74 Å². The first-order valence-corrected chi connectivity index (χ1v) is 4.63. The van der Waals surface area contributed by atoms with Crippen LogP contribution in [-0.2, 0) is 10.7 Å². The number of alkyl halides is 2. The van der Waals surface area contributed by atoms with Crippen LogP contribution in [0, 0.1) is 15.9 Å². The van der Waals surface area contributed by atoms with Gasteiger partial charge in [-0.1, -0.05) is 0 Å². The number of halogens is 3. The first kappa shape index (κ1) is 13.9. The second kappa shape index (κ2) is 4.63. The molecule has 8 heteroatoms. The van der Waals surface area contributed by atoms with Gasteiger partial charge in [-0.05, 0) is 12.1 Å². The van der Waals surface area contributed by atoms with Crippen molar-refractivity contribution in [3.63, 3.8) is 0 Å². The van der Waals surface area contributed by atoms with Gasteiger partial charge in [-0.2, -0.15) is 4.39 Å². The van der Waals surface area contributed by atoms with Gasteiger partial charge >= 0.3 is 11.7 Å². The summed E-state index contributed by atoms with van der Waals surface area (Å²) in [4.78, 5) is 20.4. The lowest BCUT2D eigenvalue weighted by Gasteiger charge is -2.12. The average molecular weight is 263 g/mol. The van der Waals surface area contributed by atoms with Crippen LogP contribution >= 0.6 is 0 Å². The SMILES string of the molecule is COC(=O)c1cc(F)c([N+](=O)[O-])c(C(C)(F)F)c1. The van der Waals surface area contributed by atoms with Crippen LogP contribution in [0.4, 0.5) is 18.9 Å². The Kier molecular flexibility index (Phi) is 3.59. The molecule has 18 heavy (non-hydrogen) atoms. The maximum Gasteiger partial charge on any atom is 0.337 e. The van der Waals surface area contributed by atoms with E-state index in [1.54, 1.807) is 0 Å². The van der Waals surface area contributed by atoms with E-state index in [0.717, 1.165) is 7.11 Å². The highest BCUT2D eigenvalue weighted by Crippen LogP contribution is 2.36. The standard InChI is InChI=1S/C10H8F3NO4/c1-10(12,13)6-3-5(9(15)18-2)4-7(11)8(6)14(16)17/h3-4H,1-2H3. The van der Waals surface area contributed by atoms with Crippen molar-refractivity contribution in [3.05, 3.63) is 39.2 Å². The summed E-state index contributed by atoms with van der Waals surface area (Å²) in [6.45, 7) is 0.371. The van der Waals surface area contributed by atoms with E-state index in [-0.39, 0.29) is 0 Å². The predicted octanol–water partition coefficient (Wildman–Crippen LogP) is 2.63. The molecule has 0 spiro atoms. The lowest BCUT2D eigenvalue weighted by atomic mass is 10.0. The topological polar surface area (TPSA) is 69.4 Å². The van der Waals surface area contributed by atoms with E-state index < -0.39 is 39.4 Å². The second-order valence-corrected chi connectivity index (χ2v) is 3.49. The van der Waals surface area contributed by atoms with E-state index in [1.807, 2.05) is 0 Å². The Morgan fingerprint density at radius 1 is 1.44 bits per heavy atom. The van der Waals surface area contributed by atoms with Crippen molar-refractivity contribution in [2.75, 3.05) is 7.11 Å². The molecule has 0 bridgehead atoms. The van der Waals surface area contributed by atoms with E-state index in [0.29, 0.717) is 19.1 Å². The molecule has 1 aromatic rings. The maximum absolute atomic E-state index is 13.4. The molecule has 0 N–H and O–H groups in total. The fourth-order valence-electron chi connectivity index (χ4n) is 1.35. The third kappa shape index (κ3) is 2.58. The first-order valence-electron chi connectivity index (χ1n) is 4.63. The average Bonchev–Trinajstić information content (AvgIpc) is 2.25. The third-order valence-corrected chi connectivity index (χ3v) is 2.14. The molecule has 0 aliphatic carbocycles. The quantitative estimate of drug-likeness (QED) is 0.477. The first-order chi connectivity index (χ1) is 8.18. The molecular formula is C10H8F3NO4. The van der Waals surface area contributed by atoms with Crippen molar-refractivity contribution in [3.8, 4) is 0 Å². The van der Waals surface area contributed by atoms with E-state index in [1.165, 1.54) is 0 Å². The summed E-state index contributed by atoms with van der Waals surface area (Å²) in [7, 11) is 0.978. The van der Waals surface area contributed by atoms with Crippen molar-refractivity contribution in [2.24, 2.45) is 0 Å². The number of carbonyl (C=O) groups excluding carboxylic acids is 1. The number of hydrogen-bond donors (Lipinski definition) is 0. The Hall–Kier alpha value is -2.12. The summed E-state index contributed by atoms with van der Waals surface area (Å²) in [6.07, 6.45) is 0. The van der Waals surface area contributed by atoms with Crippen LogP contribution in [0.2, 0.25) is 0 Å². The Balaban J connectivity index is 3.57. The van der Waals surface area contributed by atoms with Crippen molar-refractivity contribution < 1.29 is 27.6 Å². The molecule has 1 rings (SSSR count). The zero-order valence-electron chi connectivity index (χ0n) is 9.37. The minimum atomic E-state index is -3.66. The molecule has 98 valence electrons. The van der Waals surface area contributed by atoms with Gasteiger partial charge in [0.1, 0.15) is 5.56 Å². The van der Waals surface area contributed by atoms with Gasteiger partial charge in [0.05, 0.1) is 17.6 Å². The van der Waals surface area contributed by atoms with Crippen LogP contribution in [0.15, 0.2) is 12.1 Å². The van der Waals surface area contributed by atoms with E-state index in [9.17, 15) is 28.1 Å². The number of esters is 1. The summed E-state index contributed by atoms with van der Waals surface area (Å²) >= 11 is 0. The van der Waals surface area contributed by atoms with Gasteiger partial charge in [-0.3, -0.25) is 10.1 Å². The lowest BCUT2D eigenvalue weighted by molar-refractivity contribution is -0.389. The molecule has 0 amide bonds. The number of rotatable bonds is 3. The normalized spacial score (nSPS) is 11.2. The Labute approximate surface area is 99.3 Å². The van der Waals surface area contributed by atoms with Crippen LogP contribution in [0.3, 0.4) is 0 Å². The molecule has 0 heterocycles. The number of nitrogens with zero attached hydrogens (tertiary/aromatic N) is 1. The highest BCUT2D eigenvalue weighted by molar-refractivity contribution is 5.90. The zero-order chi connectivity index (χ0) is 14.1. The molecule has 0 unspecified atom stereocenters. The van der Waals surface area contributed by atoms with Crippen LogP contribution < -0.4 is 0 Å². The number of benzene rings is 1. The number of ether oxygens (including phenoxy) is 1. The van der Waals surface area contributed by atoms with Crippen molar-refractivity contribution in [1.82, 2.24) is 0 Å². The second-order valence-electron chi connectivity index (χ2n) is 3.49. The predicted molar refractivity (Wildman–Crippen MR) is 54.0 cm³/mol. The van der Waals surface area contributed by atoms with Gasteiger partial charge in [0.15, 0.2) is 0 Å². The van der Waals surface area contributed by atoms with Crippen LogP contribution in [-0.4, -0.2) is 18.0 Å². The number of nitro groups is 1. The van der Waals surface area contributed by atoms with Gasteiger partial charge in [0, 0.05) is 6.92 Å². The molecule has 0 saturated carbocycles. The van der Waals surface area contributed by atoms with Crippen LogP contribution in [0.5, 0.6) is 0 Å². The third-order valence-electron chi connectivity index (χ3n) is 2.14. The van der Waals surface area contributed by atoms with Crippen molar-refractivity contribution >= 4 is 11.7 Å². The highest BCUT2D eigenvalue weighted by atomic mass is 19.3. The molecule has 0 saturated heterocycles. The van der Waals surface area contributed by atoms with Gasteiger partial charge in [-0.15, -0.1) is 0 Å². The molecule has 0 aromatic heterocycles. The van der Waals surface area contributed by atoms with E-state index >= 15 is 0 Å². The highest BCUT2D eigenvalue weighted by Gasteiger charge is 2.37. The van der Waals surface area contributed by atoms with Crippen molar-refractivity contribution in [1.29, 1.82) is 0 Å². The fourth-order valence-corrected chi connectivity index (χ4v) is 1.35. The largest absolute Gasteiger partial charge is 0.465 e. The minimum absolute atomic E-state index is 0.371. The number of methoxy groups -OCH3 is 1. The van der Waals surface area contributed by atoms with Gasteiger partial charge in [-0.25, -0.2) is 13.6 Å². The van der Waals surface area contributed by atoms with Crippen LogP contribution in [0.25, 0.3) is 0 Å². The van der Waals surface area contributed by atoms with Gasteiger partial charge in [0.25, 0.3) is 5.92 Å². The minimum Gasteiger partial charge on any atom is -0.465 e. The molecule has 0 fully saturated rings. The number of carbonyl (C=O) groups is 1. The van der Waals surface area contributed by atoms with Crippen molar-refractivity contribution in [2.45, 2.75) is 12.8 Å². The van der Waals surface area contributed by atoms with E-state index in [4.69, 9.17) is 0 Å². The van der Waals surface area contributed by atoms with Crippen LogP contribution in [0.1, 0.15) is 22.8 Å². The zero-order valence-corrected chi connectivity index (χ0v) is 9.37. The molecule has 0 aliphatic heterocycles. The summed E-state index contributed by atoms with van der Waals surface area (Å²) in [5.41, 5.74) is -3.04. The molecule has 5 nitrogen and oxygen atoms in total. The summed E-state index contributed by atoms with van der Waals surface area (Å²) < 4.78 is 44.0. The fraction of sp³-hybridized carbons (Fsp3) is 0.300. The smallest absolute Gasteiger partial charge is 0.337 e. The molecule has 0 aliphatic rings. The Morgan fingerprint density at radius 3 is 2.39 bits per heavy atom. The molecule has 0 atom stereocenters. The monoisotopic (exact) mass is 263 g/mol. The molecule has 0 radical (unpaired) electrons.